The second-order valence-electron chi connectivity index (χ2n) is 4.91. The van der Waals surface area contributed by atoms with Gasteiger partial charge in [-0.1, -0.05) is 61.0 Å². The normalized spacial score (nSPS) is 12.5. The van der Waals surface area contributed by atoms with Crippen LogP contribution >= 0.6 is 30.3 Å². The van der Waals surface area contributed by atoms with Gasteiger partial charge in [0.05, 0.1) is 10.0 Å². The fourth-order valence-electron chi connectivity index (χ4n) is 2.17. The SMILES string of the molecule is C=CC=CC(=CCC)P(=O)(c1ccc(Cl)cn1)c1ccc(Cl)cn1. The first-order valence-electron chi connectivity index (χ1n) is 7.36. The zero-order chi connectivity index (χ0) is 17.6. The van der Waals surface area contributed by atoms with Crippen LogP contribution in [0.3, 0.4) is 0 Å². The molecule has 0 amide bonds. The number of hydrogen-bond acceptors (Lipinski definition) is 3. The molecule has 2 rings (SSSR count). The minimum atomic E-state index is -3.23. The molecule has 2 aromatic heterocycles. The van der Waals surface area contributed by atoms with Gasteiger partial charge in [0.15, 0.2) is 0 Å². The number of pyridine rings is 2. The van der Waals surface area contributed by atoms with Gasteiger partial charge < -0.3 is 4.57 Å². The first-order chi connectivity index (χ1) is 11.5. The van der Waals surface area contributed by atoms with Crippen molar-refractivity contribution in [3.63, 3.8) is 0 Å². The number of allylic oxidation sites excluding steroid dienone is 5. The van der Waals surface area contributed by atoms with Crippen LogP contribution in [0.25, 0.3) is 0 Å². The molecule has 0 fully saturated rings. The molecule has 124 valence electrons. The van der Waals surface area contributed by atoms with E-state index in [0.29, 0.717) is 26.2 Å². The standard InChI is InChI=1S/C18H17Cl2N2OP/c1-3-5-7-16(6-4-2)24(23,17-10-8-14(19)12-21-17)18-11-9-15(20)13-22-18/h3,5-13H,1,4H2,2H3. The number of nitrogens with zero attached hydrogens (tertiary/aromatic N) is 2. The third kappa shape index (κ3) is 4.05. The summed E-state index contributed by atoms with van der Waals surface area (Å²) in [6.45, 7) is 5.66. The quantitative estimate of drug-likeness (QED) is 0.516. The third-order valence-corrected chi connectivity index (χ3v) is 6.57. The summed E-state index contributed by atoms with van der Waals surface area (Å²) in [6.07, 6.45) is 10.8. The van der Waals surface area contributed by atoms with E-state index in [1.165, 1.54) is 12.4 Å². The molecule has 0 spiro atoms. The van der Waals surface area contributed by atoms with Crippen molar-refractivity contribution < 1.29 is 4.57 Å². The summed E-state index contributed by atoms with van der Waals surface area (Å²) >= 11 is 11.9. The van der Waals surface area contributed by atoms with Gasteiger partial charge in [-0.2, -0.15) is 0 Å². The van der Waals surface area contributed by atoms with Gasteiger partial charge in [0.1, 0.15) is 10.9 Å². The molecule has 24 heavy (non-hydrogen) atoms. The van der Waals surface area contributed by atoms with Crippen LogP contribution < -0.4 is 10.9 Å². The van der Waals surface area contributed by atoms with Crippen LogP contribution in [0.2, 0.25) is 10.0 Å². The zero-order valence-electron chi connectivity index (χ0n) is 13.2. The smallest absolute Gasteiger partial charge is 0.205 e. The second kappa shape index (κ2) is 8.43. The average molecular weight is 379 g/mol. The van der Waals surface area contributed by atoms with Crippen molar-refractivity contribution in [2.75, 3.05) is 0 Å². The van der Waals surface area contributed by atoms with E-state index >= 15 is 0 Å². The fourth-order valence-corrected chi connectivity index (χ4v) is 4.90. The molecule has 0 N–H and O–H groups in total. The summed E-state index contributed by atoms with van der Waals surface area (Å²) < 4.78 is 14.1. The number of hydrogen-bond donors (Lipinski definition) is 0. The van der Waals surface area contributed by atoms with Crippen molar-refractivity contribution in [2.45, 2.75) is 13.3 Å². The first-order valence-corrected chi connectivity index (χ1v) is 9.82. The van der Waals surface area contributed by atoms with Gasteiger partial charge in [0.25, 0.3) is 0 Å². The Morgan fingerprint density at radius 3 is 2.04 bits per heavy atom. The lowest BCUT2D eigenvalue weighted by molar-refractivity contribution is 0.590. The van der Waals surface area contributed by atoms with Crippen molar-refractivity contribution in [2.24, 2.45) is 0 Å². The predicted octanol–water partition coefficient (Wildman–Crippen LogP) is 5.13. The lowest BCUT2D eigenvalue weighted by Gasteiger charge is -2.19. The topological polar surface area (TPSA) is 42.9 Å². The maximum Gasteiger partial charge on any atom is 0.205 e. The Bertz CT molecular complexity index is 762. The van der Waals surface area contributed by atoms with Crippen LogP contribution in [0.4, 0.5) is 0 Å². The van der Waals surface area contributed by atoms with Crippen LogP contribution in [-0.4, -0.2) is 9.97 Å². The average Bonchev–Trinajstić information content (AvgIpc) is 2.59. The molecule has 2 aromatic rings. The summed E-state index contributed by atoms with van der Waals surface area (Å²) in [7, 11) is -3.23. The van der Waals surface area contributed by atoms with Gasteiger partial charge in [-0.05, 0) is 30.7 Å². The molecule has 0 saturated heterocycles. The summed E-state index contributed by atoms with van der Waals surface area (Å²) in [4.78, 5) is 8.58. The van der Waals surface area contributed by atoms with Gasteiger partial charge in [-0.15, -0.1) is 0 Å². The second-order valence-corrected chi connectivity index (χ2v) is 8.43. The molecule has 0 aliphatic heterocycles. The maximum atomic E-state index is 14.1. The minimum Gasteiger partial charge on any atom is -0.305 e. The molecule has 6 heteroatoms. The minimum absolute atomic E-state index is 0.426. The van der Waals surface area contributed by atoms with Gasteiger partial charge >= 0.3 is 0 Å². The summed E-state index contributed by atoms with van der Waals surface area (Å²) in [5.41, 5.74) is 0.852. The van der Waals surface area contributed by atoms with Crippen LogP contribution in [0, 0.1) is 0 Å². The van der Waals surface area contributed by atoms with Crippen molar-refractivity contribution in [3.05, 3.63) is 82.9 Å². The van der Waals surface area contributed by atoms with Gasteiger partial charge in [0.2, 0.25) is 7.14 Å². The molecule has 2 heterocycles. The van der Waals surface area contributed by atoms with E-state index in [-0.39, 0.29) is 0 Å². The Morgan fingerprint density at radius 1 is 1.12 bits per heavy atom. The summed E-state index contributed by atoms with van der Waals surface area (Å²) in [6, 6.07) is 6.69. The van der Waals surface area contributed by atoms with Gasteiger partial charge in [-0.3, -0.25) is 9.97 Å². The Hall–Kier alpha value is -1.67. The molecule has 0 aromatic carbocycles. The molecule has 0 saturated carbocycles. The lowest BCUT2D eigenvalue weighted by atomic mass is 10.4. The number of halogens is 2. The highest BCUT2D eigenvalue weighted by Gasteiger charge is 2.33. The van der Waals surface area contributed by atoms with Gasteiger partial charge in [-0.25, -0.2) is 0 Å². The van der Waals surface area contributed by atoms with E-state index in [1.54, 1.807) is 42.5 Å². The number of aromatic nitrogens is 2. The van der Waals surface area contributed by atoms with Crippen LogP contribution in [0.1, 0.15) is 13.3 Å². The number of rotatable bonds is 6. The first kappa shape index (κ1) is 18.7. The molecular weight excluding hydrogens is 362 g/mol. The monoisotopic (exact) mass is 378 g/mol. The third-order valence-electron chi connectivity index (χ3n) is 3.25. The highest BCUT2D eigenvalue weighted by molar-refractivity contribution is 7.82. The van der Waals surface area contributed by atoms with E-state index in [1.807, 2.05) is 13.0 Å². The van der Waals surface area contributed by atoms with Crippen molar-refractivity contribution >= 4 is 41.2 Å². The summed E-state index contributed by atoms with van der Waals surface area (Å²) in [5.74, 6) is 0. The molecule has 0 radical (unpaired) electrons. The van der Waals surface area contributed by atoms with Crippen molar-refractivity contribution in [1.82, 2.24) is 9.97 Å². The van der Waals surface area contributed by atoms with Crippen molar-refractivity contribution in [3.8, 4) is 0 Å². The van der Waals surface area contributed by atoms with E-state index in [9.17, 15) is 4.57 Å². The molecule has 0 aliphatic carbocycles. The Balaban J connectivity index is 2.72. The molecule has 0 atom stereocenters. The van der Waals surface area contributed by atoms with E-state index in [0.717, 1.165) is 6.42 Å². The predicted molar refractivity (Wildman–Crippen MR) is 103 cm³/mol. The highest BCUT2D eigenvalue weighted by atomic mass is 35.5. The molecule has 3 nitrogen and oxygen atoms in total. The van der Waals surface area contributed by atoms with E-state index < -0.39 is 7.14 Å². The Labute approximate surface area is 152 Å². The Kier molecular flexibility index (Phi) is 6.56. The lowest BCUT2D eigenvalue weighted by Crippen LogP contribution is -2.22. The van der Waals surface area contributed by atoms with E-state index in [4.69, 9.17) is 23.2 Å². The largest absolute Gasteiger partial charge is 0.305 e. The van der Waals surface area contributed by atoms with E-state index in [2.05, 4.69) is 16.5 Å². The summed E-state index contributed by atoms with van der Waals surface area (Å²) in [5, 5.41) is 1.61. The van der Waals surface area contributed by atoms with Crippen LogP contribution in [0.5, 0.6) is 0 Å². The van der Waals surface area contributed by atoms with Gasteiger partial charge in [0, 0.05) is 17.7 Å². The molecule has 0 unspecified atom stereocenters. The Morgan fingerprint density at radius 2 is 1.67 bits per heavy atom. The highest BCUT2D eigenvalue weighted by Crippen LogP contribution is 2.51. The molecular formula is C18H17Cl2N2OP. The molecule has 0 bridgehead atoms. The molecule has 0 aliphatic rings. The fraction of sp³-hybridized carbons (Fsp3) is 0.111. The zero-order valence-corrected chi connectivity index (χ0v) is 15.6. The van der Waals surface area contributed by atoms with Crippen molar-refractivity contribution in [1.29, 1.82) is 0 Å². The van der Waals surface area contributed by atoms with Crippen LogP contribution in [-0.2, 0) is 4.57 Å². The van der Waals surface area contributed by atoms with Crippen LogP contribution in [0.15, 0.2) is 72.9 Å². The maximum absolute atomic E-state index is 14.1.